The minimum atomic E-state index is -0.137. The van der Waals surface area contributed by atoms with Gasteiger partial charge in [-0.2, -0.15) is 0 Å². The molecule has 0 aliphatic rings. The van der Waals surface area contributed by atoms with Crippen LogP contribution >= 0.6 is 27.3 Å². The van der Waals surface area contributed by atoms with E-state index in [0.29, 0.717) is 10.3 Å². The monoisotopic (exact) mass is 299 g/mol. The normalized spacial score (nSPS) is 10.6. The van der Waals surface area contributed by atoms with Gasteiger partial charge in [0, 0.05) is 6.20 Å². The Labute approximate surface area is 105 Å². The van der Waals surface area contributed by atoms with Crippen molar-refractivity contribution in [2.45, 2.75) is 19.8 Å². The molecule has 4 nitrogen and oxygen atoms in total. The minimum Gasteiger partial charge on any atom is -0.305 e. The van der Waals surface area contributed by atoms with Crippen molar-refractivity contribution in [2.75, 3.05) is 0 Å². The quantitative estimate of drug-likeness (QED) is 0.948. The van der Waals surface area contributed by atoms with E-state index in [0.717, 1.165) is 23.4 Å². The second-order valence-electron chi connectivity index (χ2n) is 3.29. The van der Waals surface area contributed by atoms with Crippen LogP contribution in [0.1, 0.15) is 19.0 Å². The number of rotatable bonds is 3. The Morgan fingerprint density at radius 1 is 1.56 bits per heavy atom. The van der Waals surface area contributed by atoms with Crippen molar-refractivity contribution in [1.82, 2.24) is 15.0 Å². The van der Waals surface area contributed by atoms with Gasteiger partial charge in [-0.05, 0) is 22.4 Å². The number of aromatic amines is 1. The van der Waals surface area contributed by atoms with Crippen LogP contribution in [-0.2, 0) is 6.42 Å². The molecule has 0 amide bonds. The van der Waals surface area contributed by atoms with Crippen molar-refractivity contribution >= 4 is 27.3 Å². The Hall–Kier alpha value is -1.01. The Kier molecular flexibility index (Phi) is 3.50. The molecule has 6 heteroatoms. The van der Waals surface area contributed by atoms with Gasteiger partial charge in [-0.1, -0.05) is 13.3 Å². The molecule has 0 bridgehead atoms. The molecule has 2 heterocycles. The molecule has 0 unspecified atom stereocenters. The topological polar surface area (TPSA) is 58.6 Å². The standard InChI is InChI=1S/C10H10BrN3OS/c1-2-3-6-8(11)10(15)14-9(13-6)7-4-12-5-16-7/h4-5H,2-3H2,1H3,(H,13,14,15). The number of nitrogens with one attached hydrogen (secondary N) is 1. The number of hydrogen-bond donors (Lipinski definition) is 1. The van der Waals surface area contributed by atoms with Crippen molar-refractivity contribution < 1.29 is 0 Å². The molecule has 16 heavy (non-hydrogen) atoms. The summed E-state index contributed by atoms with van der Waals surface area (Å²) in [5, 5.41) is 0. The van der Waals surface area contributed by atoms with Crippen LogP contribution in [0.4, 0.5) is 0 Å². The Morgan fingerprint density at radius 2 is 2.38 bits per heavy atom. The fourth-order valence-corrected chi connectivity index (χ4v) is 2.31. The van der Waals surface area contributed by atoms with Crippen molar-refractivity contribution in [3.05, 3.63) is 32.2 Å². The maximum Gasteiger partial charge on any atom is 0.265 e. The predicted molar refractivity (Wildman–Crippen MR) is 67.7 cm³/mol. The first kappa shape index (κ1) is 11.5. The van der Waals surface area contributed by atoms with Crippen LogP contribution in [0.2, 0.25) is 0 Å². The van der Waals surface area contributed by atoms with Gasteiger partial charge < -0.3 is 4.98 Å². The van der Waals surface area contributed by atoms with Crippen LogP contribution in [-0.4, -0.2) is 15.0 Å². The van der Waals surface area contributed by atoms with Gasteiger partial charge in [-0.25, -0.2) is 4.98 Å². The summed E-state index contributed by atoms with van der Waals surface area (Å²) >= 11 is 4.72. The van der Waals surface area contributed by atoms with Crippen LogP contribution < -0.4 is 5.56 Å². The SMILES string of the molecule is CCCc1nc(-c2cncs2)[nH]c(=O)c1Br. The number of H-pyrrole nitrogens is 1. The first-order chi connectivity index (χ1) is 7.72. The summed E-state index contributed by atoms with van der Waals surface area (Å²) in [6.07, 6.45) is 3.44. The fraction of sp³-hybridized carbons (Fsp3) is 0.300. The number of halogens is 1. The van der Waals surface area contributed by atoms with Crippen LogP contribution in [0.15, 0.2) is 21.0 Å². The van der Waals surface area contributed by atoms with E-state index in [9.17, 15) is 4.79 Å². The molecule has 0 saturated carbocycles. The molecule has 0 aliphatic heterocycles. The maximum atomic E-state index is 11.7. The second-order valence-corrected chi connectivity index (χ2v) is 4.97. The highest BCUT2D eigenvalue weighted by Gasteiger charge is 2.10. The summed E-state index contributed by atoms with van der Waals surface area (Å²) in [6.45, 7) is 2.06. The average Bonchev–Trinajstić information content (AvgIpc) is 2.78. The third-order valence-electron chi connectivity index (χ3n) is 2.08. The van der Waals surface area contributed by atoms with Gasteiger partial charge in [0.2, 0.25) is 0 Å². The van der Waals surface area contributed by atoms with Crippen LogP contribution in [0, 0.1) is 0 Å². The van der Waals surface area contributed by atoms with Crippen LogP contribution in [0.3, 0.4) is 0 Å². The number of aryl methyl sites for hydroxylation is 1. The van der Waals surface area contributed by atoms with Gasteiger partial charge in [0.05, 0.1) is 16.1 Å². The van der Waals surface area contributed by atoms with Gasteiger partial charge in [0.1, 0.15) is 4.47 Å². The van der Waals surface area contributed by atoms with Crippen molar-refractivity contribution in [1.29, 1.82) is 0 Å². The molecule has 2 rings (SSSR count). The summed E-state index contributed by atoms with van der Waals surface area (Å²) in [4.78, 5) is 23.7. The highest BCUT2D eigenvalue weighted by Crippen LogP contribution is 2.20. The smallest absolute Gasteiger partial charge is 0.265 e. The molecule has 84 valence electrons. The Bertz CT molecular complexity index is 535. The third kappa shape index (κ3) is 2.22. The van der Waals surface area contributed by atoms with E-state index < -0.39 is 0 Å². The Morgan fingerprint density at radius 3 is 3.00 bits per heavy atom. The highest BCUT2D eigenvalue weighted by molar-refractivity contribution is 9.10. The van der Waals surface area contributed by atoms with Crippen LogP contribution in [0.25, 0.3) is 10.7 Å². The van der Waals surface area contributed by atoms with Crippen molar-refractivity contribution in [3.8, 4) is 10.7 Å². The van der Waals surface area contributed by atoms with Gasteiger partial charge >= 0.3 is 0 Å². The molecule has 0 aromatic carbocycles. The lowest BCUT2D eigenvalue weighted by Crippen LogP contribution is -2.13. The third-order valence-corrected chi connectivity index (χ3v) is 3.68. The summed E-state index contributed by atoms with van der Waals surface area (Å²) in [6, 6.07) is 0. The summed E-state index contributed by atoms with van der Waals surface area (Å²) in [7, 11) is 0. The first-order valence-electron chi connectivity index (χ1n) is 4.90. The lowest BCUT2D eigenvalue weighted by molar-refractivity contribution is 0.862. The molecular weight excluding hydrogens is 290 g/mol. The van der Waals surface area contributed by atoms with E-state index in [4.69, 9.17) is 0 Å². The number of aromatic nitrogens is 3. The minimum absolute atomic E-state index is 0.137. The summed E-state index contributed by atoms with van der Waals surface area (Å²) in [5.41, 5.74) is 2.38. The number of hydrogen-bond acceptors (Lipinski definition) is 4. The molecule has 2 aromatic heterocycles. The molecule has 0 radical (unpaired) electrons. The fourth-order valence-electron chi connectivity index (χ4n) is 1.36. The largest absolute Gasteiger partial charge is 0.305 e. The van der Waals surface area contributed by atoms with Gasteiger partial charge in [-0.15, -0.1) is 11.3 Å². The molecule has 0 atom stereocenters. The highest BCUT2D eigenvalue weighted by atomic mass is 79.9. The average molecular weight is 300 g/mol. The molecule has 0 spiro atoms. The van der Waals surface area contributed by atoms with Crippen molar-refractivity contribution in [3.63, 3.8) is 0 Å². The lowest BCUT2D eigenvalue weighted by atomic mass is 10.2. The van der Waals surface area contributed by atoms with Gasteiger partial charge in [0.15, 0.2) is 5.82 Å². The zero-order chi connectivity index (χ0) is 11.5. The predicted octanol–water partition coefficient (Wildman–Crippen LogP) is 2.61. The second kappa shape index (κ2) is 4.88. The van der Waals surface area contributed by atoms with E-state index in [2.05, 4.69) is 37.8 Å². The maximum absolute atomic E-state index is 11.7. The molecule has 0 aliphatic carbocycles. The van der Waals surface area contributed by atoms with Gasteiger partial charge in [0.25, 0.3) is 5.56 Å². The number of nitrogens with zero attached hydrogens (tertiary/aromatic N) is 2. The molecule has 2 aromatic rings. The van der Waals surface area contributed by atoms with E-state index >= 15 is 0 Å². The van der Waals surface area contributed by atoms with Gasteiger partial charge in [-0.3, -0.25) is 9.78 Å². The molecule has 0 saturated heterocycles. The van der Waals surface area contributed by atoms with E-state index in [1.165, 1.54) is 11.3 Å². The summed E-state index contributed by atoms with van der Waals surface area (Å²) in [5.74, 6) is 0.596. The Balaban J connectivity index is 2.53. The number of thiazole rings is 1. The van der Waals surface area contributed by atoms with Crippen LogP contribution in [0.5, 0.6) is 0 Å². The lowest BCUT2D eigenvalue weighted by Gasteiger charge is -2.03. The molecule has 0 fully saturated rings. The summed E-state index contributed by atoms with van der Waals surface area (Å²) < 4.78 is 0.530. The van der Waals surface area contributed by atoms with Crippen molar-refractivity contribution in [2.24, 2.45) is 0 Å². The zero-order valence-corrected chi connectivity index (χ0v) is 11.1. The molecular formula is C10H10BrN3OS. The zero-order valence-electron chi connectivity index (χ0n) is 8.66. The van der Waals surface area contributed by atoms with E-state index in [1.54, 1.807) is 11.7 Å². The van der Waals surface area contributed by atoms with E-state index in [1.807, 2.05) is 0 Å². The molecule has 1 N–H and O–H groups in total. The van der Waals surface area contributed by atoms with E-state index in [-0.39, 0.29) is 5.56 Å². The first-order valence-corrected chi connectivity index (χ1v) is 6.57.